The third-order valence-electron chi connectivity index (χ3n) is 2.85. The average molecular weight is 238 g/mol. The minimum Gasteiger partial charge on any atom is -0.370 e. The van der Waals surface area contributed by atoms with E-state index in [9.17, 15) is 9.18 Å². The molecule has 4 nitrogen and oxygen atoms in total. The van der Waals surface area contributed by atoms with Gasteiger partial charge >= 0.3 is 0 Å². The molecule has 0 aliphatic carbocycles. The highest BCUT2D eigenvalue weighted by molar-refractivity contribution is 5.78. The molecule has 1 amide bonds. The van der Waals surface area contributed by atoms with Gasteiger partial charge in [-0.15, -0.1) is 0 Å². The number of hydrogen-bond donors (Lipinski definition) is 1. The molecule has 1 aliphatic heterocycles. The molecular weight excluding hydrogens is 223 g/mol. The van der Waals surface area contributed by atoms with Crippen molar-refractivity contribution in [1.29, 1.82) is 0 Å². The Morgan fingerprint density at radius 2 is 2.29 bits per heavy atom. The number of nitrogens with two attached hydrogens (primary N) is 1. The topological polar surface area (TPSA) is 55.6 Å². The summed E-state index contributed by atoms with van der Waals surface area (Å²) in [5.74, 6) is -0.436. The van der Waals surface area contributed by atoms with E-state index in [0.717, 1.165) is 0 Å². The van der Waals surface area contributed by atoms with E-state index in [0.29, 0.717) is 25.3 Å². The number of hydrogen-bond acceptors (Lipinski definition) is 3. The number of carbonyl (C=O) groups is 1. The van der Waals surface area contributed by atoms with Gasteiger partial charge in [0, 0.05) is 12.1 Å². The SMILES string of the molecule is NCC(=O)N1CCOC(c2ccccc2F)C1. The van der Waals surface area contributed by atoms with Crippen molar-refractivity contribution in [3.63, 3.8) is 0 Å². The Labute approximate surface area is 99.2 Å². The molecule has 1 heterocycles. The zero-order valence-corrected chi connectivity index (χ0v) is 9.43. The summed E-state index contributed by atoms with van der Waals surface area (Å²) in [4.78, 5) is 13.1. The van der Waals surface area contributed by atoms with Crippen molar-refractivity contribution in [2.45, 2.75) is 6.10 Å². The second-order valence-corrected chi connectivity index (χ2v) is 3.92. The predicted molar refractivity (Wildman–Crippen MR) is 60.7 cm³/mol. The van der Waals surface area contributed by atoms with E-state index in [1.807, 2.05) is 0 Å². The lowest BCUT2D eigenvalue weighted by Gasteiger charge is -2.33. The Bertz CT molecular complexity index is 411. The number of morpholine rings is 1. The number of benzene rings is 1. The van der Waals surface area contributed by atoms with Crippen LogP contribution < -0.4 is 5.73 Å². The Kier molecular flexibility index (Phi) is 3.71. The molecule has 1 atom stereocenters. The molecule has 1 saturated heterocycles. The van der Waals surface area contributed by atoms with E-state index in [-0.39, 0.29) is 18.3 Å². The van der Waals surface area contributed by atoms with Gasteiger partial charge in [0.25, 0.3) is 0 Å². The summed E-state index contributed by atoms with van der Waals surface area (Å²) in [5.41, 5.74) is 5.80. The van der Waals surface area contributed by atoms with Gasteiger partial charge in [-0.3, -0.25) is 4.79 Å². The van der Waals surface area contributed by atoms with Crippen LogP contribution in [0.4, 0.5) is 4.39 Å². The monoisotopic (exact) mass is 238 g/mol. The molecule has 0 spiro atoms. The molecular formula is C12H15FN2O2. The van der Waals surface area contributed by atoms with Crippen LogP contribution in [0.3, 0.4) is 0 Å². The fourth-order valence-electron chi connectivity index (χ4n) is 1.93. The van der Waals surface area contributed by atoms with Gasteiger partial charge < -0.3 is 15.4 Å². The van der Waals surface area contributed by atoms with Crippen molar-refractivity contribution in [2.24, 2.45) is 5.73 Å². The largest absolute Gasteiger partial charge is 0.370 e. The van der Waals surface area contributed by atoms with Gasteiger partial charge in [-0.2, -0.15) is 0 Å². The first-order valence-electron chi connectivity index (χ1n) is 5.56. The van der Waals surface area contributed by atoms with Crippen LogP contribution in [-0.4, -0.2) is 37.0 Å². The van der Waals surface area contributed by atoms with E-state index in [2.05, 4.69) is 0 Å². The maximum atomic E-state index is 13.6. The highest BCUT2D eigenvalue weighted by Gasteiger charge is 2.26. The molecule has 1 fully saturated rings. The third-order valence-corrected chi connectivity index (χ3v) is 2.85. The molecule has 0 saturated carbocycles. The molecule has 2 rings (SSSR count). The fraction of sp³-hybridized carbons (Fsp3) is 0.417. The number of rotatable bonds is 2. The number of nitrogens with zero attached hydrogens (tertiary/aromatic N) is 1. The first-order chi connectivity index (χ1) is 8.22. The van der Waals surface area contributed by atoms with Crippen molar-refractivity contribution in [1.82, 2.24) is 4.90 Å². The van der Waals surface area contributed by atoms with Gasteiger partial charge in [0.1, 0.15) is 11.9 Å². The summed E-state index contributed by atoms with van der Waals surface area (Å²) in [7, 11) is 0. The molecule has 5 heteroatoms. The number of ether oxygens (including phenoxy) is 1. The first-order valence-corrected chi connectivity index (χ1v) is 5.56. The van der Waals surface area contributed by atoms with Crippen LogP contribution in [0.1, 0.15) is 11.7 Å². The van der Waals surface area contributed by atoms with Crippen LogP contribution in [0.5, 0.6) is 0 Å². The summed E-state index contributed by atoms with van der Waals surface area (Å²) < 4.78 is 19.1. The van der Waals surface area contributed by atoms with E-state index in [1.54, 1.807) is 23.1 Å². The zero-order valence-electron chi connectivity index (χ0n) is 9.43. The van der Waals surface area contributed by atoms with Crippen LogP contribution in [-0.2, 0) is 9.53 Å². The standard InChI is InChI=1S/C12H15FN2O2/c13-10-4-2-1-3-9(10)11-8-15(5-6-17-11)12(16)7-14/h1-4,11H,5-8,14H2. The van der Waals surface area contributed by atoms with Crippen molar-refractivity contribution in [3.8, 4) is 0 Å². The number of carbonyl (C=O) groups excluding carboxylic acids is 1. The highest BCUT2D eigenvalue weighted by atomic mass is 19.1. The van der Waals surface area contributed by atoms with Crippen LogP contribution >= 0.6 is 0 Å². The van der Waals surface area contributed by atoms with E-state index < -0.39 is 6.10 Å². The van der Waals surface area contributed by atoms with E-state index in [1.165, 1.54) is 6.07 Å². The molecule has 0 bridgehead atoms. The van der Waals surface area contributed by atoms with Gasteiger partial charge in [0.15, 0.2) is 0 Å². The zero-order chi connectivity index (χ0) is 12.3. The number of amides is 1. The molecule has 17 heavy (non-hydrogen) atoms. The second-order valence-electron chi connectivity index (χ2n) is 3.92. The molecule has 0 radical (unpaired) electrons. The molecule has 1 aromatic rings. The summed E-state index contributed by atoms with van der Waals surface area (Å²) in [5, 5.41) is 0. The van der Waals surface area contributed by atoms with Gasteiger partial charge in [0.05, 0.1) is 19.7 Å². The van der Waals surface area contributed by atoms with Crippen LogP contribution in [0.2, 0.25) is 0 Å². The number of halogens is 1. The lowest BCUT2D eigenvalue weighted by atomic mass is 10.1. The lowest BCUT2D eigenvalue weighted by molar-refractivity contribution is -0.137. The van der Waals surface area contributed by atoms with E-state index >= 15 is 0 Å². The minimum absolute atomic E-state index is 0.0238. The van der Waals surface area contributed by atoms with E-state index in [4.69, 9.17) is 10.5 Å². The quantitative estimate of drug-likeness (QED) is 0.824. The summed E-state index contributed by atoms with van der Waals surface area (Å²) in [6.07, 6.45) is -0.402. The molecule has 0 aromatic heterocycles. The smallest absolute Gasteiger partial charge is 0.236 e. The van der Waals surface area contributed by atoms with Gasteiger partial charge in [-0.05, 0) is 6.07 Å². The molecule has 2 N–H and O–H groups in total. The predicted octanol–water partition coefficient (Wildman–Crippen LogP) is 0.684. The minimum atomic E-state index is -0.402. The Morgan fingerprint density at radius 1 is 1.53 bits per heavy atom. The van der Waals surface area contributed by atoms with Crippen molar-refractivity contribution in [3.05, 3.63) is 35.6 Å². The normalized spacial score (nSPS) is 20.4. The van der Waals surface area contributed by atoms with Crippen LogP contribution in [0.25, 0.3) is 0 Å². The Hall–Kier alpha value is -1.46. The molecule has 1 aliphatic rings. The average Bonchev–Trinajstić information content (AvgIpc) is 2.38. The van der Waals surface area contributed by atoms with Crippen molar-refractivity contribution >= 4 is 5.91 Å². The van der Waals surface area contributed by atoms with Gasteiger partial charge in [-0.25, -0.2) is 4.39 Å². The maximum Gasteiger partial charge on any atom is 0.236 e. The van der Waals surface area contributed by atoms with Gasteiger partial charge in [0.2, 0.25) is 5.91 Å². The van der Waals surface area contributed by atoms with Gasteiger partial charge in [-0.1, -0.05) is 18.2 Å². The summed E-state index contributed by atoms with van der Waals surface area (Å²) in [6.45, 7) is 1.26. The third kappa shape index (κ3) is 2.62. The van der Waals surface area contributed by atoms with Crippen LogP contribution in [0.15, 0.2) is 24.3 Å². The molecule has 1 aromatic carbocycles. The maximum absolute atomic E-state index is 13.6. The fourth-order valence-corrected chi connectivity index (χ4v) is 1.93. The Morgan fingerprint density at radius 3 is 3.00 bits per heavy atom. The Balaban J connectivity index is 2.12. The summed E-state index contributed by atoms with van der Waals surface area (Å²) in [6, 6.07) is 6.45. The van der Waals surface area contributed by atoms with Crippen molar-refractivity contribution in [2.75, 3.05) is 26.2 Å². The lowest BCUT2D eigenvalue weighted by Crippen LogP contribution is -2.45. The highest BCUT2D eigenvalue weighted by Crippen LogP contribution is 2.24. The molecule has 92 valence electrons. The summed E-state index contributed by atoms with van der Waals surface area (Å²) >= 11 is 0. The second kappa shape index (κ2) is 5.25. The van der Waals surface area contributed by atoms with Crippen LogP contribution in [0, 0.1) is 5.82 Å². The molecule has 1 unspecified atom stereocenters. The van der Waals surface area contributed by atoms with Crippen molar-refractivity contribution < 1.29 is 13.9 Å². The first kappa shape index (κ1) is 12.0.